The van der Waals surface area contributed by atoms with Crippen LogP contribution >= 0.6 is 11.6 Å². The standard InChI is InChI=1S/C19H22ClFN2O/c20-17-3-7-19(8-4-17)24-14-13-22-9-11-23(12-10-22)15-16-1-5-18(21)6-2-16/h1-8H,9-15H2. The van der Waals surface area contributed by atoms with Crippen LogP contribution in [-0.2, 0) is 6.54 Å². The molecule has 24 heavy (non-hydrogen) atoms. The second kappa shape index (κ2) is 8.47. The van der Waals surface area contributed by atoms with Gasteiger partial charge in [-0.2, -0.15) is 0 Å². The van der Waals surface area contributed by atoms with Crippen LogP contribution < -0.4 is 4.74 Å². The van der Waals surface area contributed by atoms with E-state index in [1.54, 1.807) is 0 Å². The average Bonchev–Trinajstić information content (AvgIpc) is 2.60. The predicted octanol–water partition coefficient (Wildman–Crippen LogP) is 3.68. The summed E-state index contributed by atoms with van der Waals surface area (Å²) in [6.07, 6.45) is 0. The van der Waals surface area contributed by atoms with Crippen LogP contribution in [0.3, 0.4) is 0 Å². The minimum absolute atomic E-state index is 0.177. The molecule has 0 saturated carbocycles. The highest BCUT2D eigenvalue weighted by Gasteiger charge is 2.16. The van der Waals surface area contributed by atoms with Gasteiger partial charge in [0.1, 0.15) is 18.2 Å². The zero-order valence-electron chi connectivity index (χ0n) is 13.6. The summed E-state index contributed by atoms with van der Waals surface area (Å²) in [6.45, 7) is 6.61. The summed E-state index contributed by atoms with van der Waals surface area (Å²) in [5, 5.41) is 0.722. The third kappa shape index (κ3) is 5.20. The summed E-state index contributed by atoms with van der Waals surface area (Å²) in [7, 11) is 0. The van der Waals surface area contributed by atoms with Crippen LogP contribution in [0.15, 0.2) is 48.5 Å². The van der Waals surface area contributed by atoms with Crippen LogP contribution in [0.25, 0.3) is 0 Å². The molecule has 1 heterocycles. The Hall–Kier alpha value is -1.62. The van der Waals surface area contributed by atoms with Crippen molar-refractivity contribution in [2.45, 2.75) is 6.54 Å². The molecule has 3 rings (SSSR count). The molecule has 0 atom stereocenters. The van der Waals surface area contributed by atoms with Gasteiger partial charge in [-0.25, -0.2) is 4.39 Å². The van der Waals surface area contributed by atoms with E-state index in [2.05, 4.69) is 9.80 Å². The number of benzene rings is 2. The maximum atomic E-state index is 12.9. The van der Waals surface area contributed by atoms with E-state index in [1.165, 1.54) is 12.1 Å². The van der Waals surface area contributed by atoms with Gasteiger partial charge in [0.05, 0.1) is 0 Å². The van der Waals surface area contributed by atoms with Gasteiger partial charge in [-0.05, 0) is 42.0 Å². The van der Waals surface area contributed by atoms with E-state index in [0.29, 0.717) is 6.61 Å². The Kier molecular flexibility index (Phi) is 6.07. The lowest BCUT2D eigenvalue weighted by Gasteiger charge is -2.34. The van der Waals surface area contributed by atoms with Crippen molar-refractivity contribution in [1.82, 2.24) is 9.80 Å². The van der Waals surface area contributed by atoms with Gasteiger partial charge in [-0.3, -0.25) is 9.80 Å². The van der Waals surface area contributed by atoms with Crippen molar-refractivity contribution in [3.63, 3.8) is 0 Å². The Morgan fingerprint density at radius 1 is 0.875 bits per heavy atom. The van der Waals surface area contributed by atoms with Crippen molar-refractivity contribution in [2.75, 3.05) is 39.3 Å². The van der Waals surface area contributed by atoms with E-state index in [1.807, 2.05) is 36.4 Å². The van der Waals surface area contributed by atoms with E-state index in [-0.39, 0.29) is 5.82 Å². The molecule has 0 radical (unpaired) electrons. The summed E-state index contributed by atoms with van der Waals surface area (Å²) in [6, 6.07) is 14.2. The number of hydrogen-bond donors (Lipinski definition) is 0. The Morgan fingerprint density at radius 3 is 2.17 bits per heavy atom. The molecule has 0 unspecified atom stereocenters. The lowest BCUT2D eigenvalue weighted by Crippen LogP contribution is -2.47. The molecule has 1 aliphatic heterocycles. The largest absolute Gasteiger partial charge is 0.492 e. The van der Waals surface area contributed by atoms with Crippen LogP contribution in [0.5, 0.6) is 5.75 Å². The first-order chi connectivity index (χ1) is 11.7. The Balaban J connectivity index is 1.36. The summed E-state index contributed by atoms with van der Waals surface area (Å²) < 4.78 is 18.7. The molecule has 0 aliphatic carbocycles. The zero-order chi connectivity index (χ0) is 16.8. The van der Waals surface area contributed by atoms with Gasteiger partial charge < -0.3 is 4.74 Å². The van der Waals surface area contributed by atoms with Gasteiger partial charge in [0, 0.05) is 44.3 Å². The Morgan fingerprint density at radius 2 is 1.50 bits per heavy atom. The Labute approximate surface area is 147 Å². The lowest BCUT2D eigenvalue weighted by molar-refractivity contribution is 0.112. The van der Waals surface area contributed by atoms with Crippen LogP contribution in [0.4, 0.5) is 4.39 Å². The fraction of sp³-hybridized carbons (Fsp3) is 0.368. The number of piperazine rings is 1. The third-order valence-electron chi connectivity index (χ3n) is 4.27. The Bertz CT molecular complexity index is 625. The molecule has 0 aromatic heterocycles. The summed E-state index contributed by atoms with van der Waals surface area (Å²) in [5.74, 6) is 0.679. The highest BCUT2D eigenvalue weighted by Crippen LogP contribution is 2.15. The summed E-state index contributed by atoms with van der Waals surface area (Å²) >= 11 is 5.86. The second-order valence-corrected chi connectivity index (χ2v) is 6.48. The zero-order valence-corrected chi connectivity index (χ0v) is 14.4. The molecule has 0 bridgehead atoms. The first-order valence-corrected chi connectivity index (χ1v) is 8.64. The van der Waals surface area contributed by atoms with Gasteiger partial charge in [0.25, 0.3) is 0 Å². The van der Waals surface area contributed by atoms with Crippen molar-refractivity contribution in [2.24, 2.45) is 0 Å². The van der Waals surface area contributed by atoms with E-state index in [9.17, 15) is 4.39 Å². The summed E-state index contributed by atoms with van der Waals surface area (Å²) in [5.41, 5.74) is 1.16. The molecular weight excluding hydrogens is 327 g/mol. The summed E-state index contributed by atoms with van der Waals surface area (Å²) in [4.78, 5) is 4.82. The first-order valence-electron chi connectivity index (χ1n) is 8.26. The van der Waals surface area contributed by atoms with Crippen molar-refractivity contribution < 1.29 is 9.13 Å². The molecule has 1 aliphatic rings. The highest BCUT2D eigenvalue weighted by molar-refractivity contribution is 6.30. The fourth-order valence-corrected chi connectivity index (χ4v) is 2.97. The second-order valence-electron chi connectivity index (χ2n) is 6.05. The monoisotopic (exact) mass is 348 g/mol. The molecule has 1 saturated heterocycles. The van der Waals surface area contributed by atoms with Crippen LogP contribution in [-0.4, -0.2) is 49.1 Å². The van der Waals surface area contributed by atoms with Crippen LogP contribution in [0, 0.1) is 5.82 Å². The van der Waals surface area contributed by atoms with Crippen LogP contribution in [0.2, 0.25) is 5.02 Å². The number of rotatable bonds is 6. The van der Waals surface area contributed by atoms with Gasteiger partial charge in [-0.1, -0.05) is 23.7 Å². The van der Waals surface area contributed by atoms with E-state index in [4.69, 9.17) is 16.3 Å². The van der Waals surface area contributed by atoms with Crippen molar-refractivity contribution >= 4 is 11.6 Å². The molecule has 1 fully saturated rings. The average molecular weight is 349 g/mol. The topological polar surface area (TPSA) is 15.7 Å². The number of halogens is 2. The molecular formula is C19H22ClFN2O. The maximum Gasteiger partial charge on any atom is 0.123 e. The van der Waals surface area contributed by atoms with E-state index >= 15 is 0 Å². The SMILES string of the molecule is Fc1ccc(CN2CCN(CCOc3ccc(Cl)cc3)CC2)cc1. The fourth-order valence-electron chi connectivity index (χ4n) is 2.84. The third-order valence-corrected chi connectivity index (χ3v) is 4.53. The number of hydrogen-bond acceptors (Lipinski definition) is 3. The number of ether oxygens (including phenoxy) is 1. The van der Waals surface area contributed by atoms with Crippen molar-refractivity contribution in [1.29, 1.82) is 0 Å². The predicted molar refractivity (Wildman–Crippen MR) is 95.1 cm³/mol. The quantitative estimate of drug-likeness (QED) is 0.792. The minimum atomic E-state index is -0.177. The van der Waals surface area contributed by atoms with Gasteiger partial charge >= 0.3 is 0 Å². The smallest absolute Gasteiger partial charge is 0.123 e. The highest BCUT2D eigenvalue weighted by atomic mass is 35.5. The van der Waals surface area contributed by atoms with Crippen LogP contribution in [0.1, 0.15) is 5.56 Å². The normalized spacial score (nSPS) is 16.2. The molecule has 0 N–H and O–H groups in total. The molecule has 2 aromatic rings. The van der Waals surface area contributed by atoms with Crippen molar-refractivity contribution in [3.8, 4) is 5.75 Å². The molecule has 3 nitrogen and oxygen atoms in total. The lowest BCUT2D eigenvalue weighted by atomic mass is 10.2. The number of nitrogens with zero attached hydrogens (tertiary/aromatic N) is 2. The molecule has 0 amide bonds. The molecule has 2 aromatic carbocycles. The first kappa shape index (κ1) is 17.2. The maximum absolute atomic E-state index is 12.9. The van der Waals surface area contributed by atoms with Gasteiger partial charge in [0.15, 0.2) is 0 Å². The molecule has 5 heteroatoms. The van der Waals surface area contributed by atoms with E-state index in [0.717, 1.165) is 55.6 Å². The molecule has 0 spiro atoms. The van der Waals surface area contributed by atoms with Crippen molar-refractivity contribution in [3.05, 3.63) is 64.9 Å². The van der Waals surface area contributed by atoms with Gasteiger partial charge in [0.2, 0.25) is 0 Å². The minimum Gasteiger partial charge on any atom is -0.492 e. The van der Waals surface area contributed by atoms with E-state index < -0.39 is 0 Å². The van der Waals surface area contributed by atoms with Gasteiger partial charge in [-0.15, -0.1) is 0 Å². The molecule has 128 valence electrons.